The van der Waals surface area contributed by atoms with Gasteiger partial charge in [-0.25, -0.2) is 0 Å². The van der Waals surface area contributed by atoms with Crippen LogP contribution in [-0.4, -0.2) is 33.7 Å². The van der Waals surface area contributed by atoms with Crippen molar-refractivity contribution in [3.05, 3.63) is 39.9 Å². The largest absolute Gasteiger partial charge is 0.388 e. The van der Waals surface area contributed by atoms with Crippen LogP contribution in [0.25, 0.3) is 0 Å². The van der Waals surface area contributed by atoms with Gasteiger partial charge in [0.2, 0.25) is 0 Å². The monoisotopic (exact) mass is 282 g/mol. The minimum Gasteiger partial charge on any atom is -0.388 e. The van der Waals surface area contributed by atoms with E-state index in [0.717, 1.165) is 23.5 Å². The van der Waals surface area contributed by atoms with Gasteiger partial charge in [0.1, 0.15) is 0 Å². The molecule has 1 aliphatic rings. The number of benzene rings is 1. The van der Waals surface area contributed by atoms with Gasteiger partial charge in [0.05, 0.1) is 10.5 Å². The Hall–Kier alpha value is -1.11. The van der Waals surface area contributed by atoms with Crippen molar-refractivity contribution in [3.63, 3.8) is 0 Å². The molecule has 1 heterocycles. The summed E-state index contributed by atoms with van der Waals surface area (Å²) >= 11 is 1.77. The number of thioether (sulfide) groups is 1. The lowest BCUT2D eigenvalue weighted by Gasteiger charge is -2.24. The van der Waals surface area contributed by atoms with Crippen molar-refractivity contribution in [2.24, 2.45) is 0 Å². The first kappa shape index (κ1) is 14.3. The Morgan fingerprint density at radius 3 is 2.74 bits per heavy atom. The van der Waals surface area contributed by atoms with E-state index < -0.39 is 10.5 Å². The topological polar surface area (TPSA) is 75.4 Å². The van der Waals surface area contributed by atoms with E-state index in [1.807, 2.05) is 6.92 Å². The van der Waals surface area contributed by atoms with Gasteiger partial charge in [0.15, 0.2) is 0 Å². The molecule has 0 aliphatic carbocycles. The maximum Gasteiger partial charge on any atom is 0.269 e. The smallest absolute Gasteiger partial charge is 0.269 e. The first-order valence-corrected chi connectivity index (χ1v) is 7.43. The standard InChI is InChI=1S/C13H18N2O3S/c1-10(14-8-13(16)6-7-19-9-13)11-2-4-12(5-3-11)15(17)18/h2-5,10,14,16H,6-9H2,1H3. The summed E-state index contributed by atoms with van der Waals surface area (Å²) in [5.74, 6) is 1.77. The second-order valence-corrected chi connectivity index (χ2v) is 6.08. The van der Waals surface area contributed by atoms with E-state index in [4.69, 9.17) is 0 Å². The van der Waals surface area contributed by atoms with Gasteiger partial charge in [-0.1, -0.05) is 12.1 Å². The zero-order chi connectivity index (χ0) is 13.9. The van der Waals surface area contributed by atoms with E-state index in [0.29, 0.717) is 6.54 Å². The first-order chi connectivity index (χ1) is 9.00. The average Bonchev–Trinajstić information content (AvgIpc) is 2.83. The Bertz CT molecular complexity index is 444. The maximum atomic E-state index is 10.6. The molecule has 2 unspecified atom stereocenters. The summed E-state index contributed by atoms with van der Waals surface area (Å²) < 4.78 is 0. The highest BCUT2D eigenvalue weighted by Gasteiger charge is 2.31. The second kappa shape index (κ2) is 5.90. The molecule has 104 valence electrons. The SMILES string of the molecule is CC(NCC1(O)CCSC1)c1ccc([N+](=O)[O-])cc1. The van der Waals surface area contributed by atoms with Gasteiger partial charge in [0, 0.05) is 30.5 Å². The third kappa shape index (κ3) is 3.68. The molecular formula is C13H18N2O3S. The van der Waals surface area contributed by atoms with Crippen LogP contribution in [0.1, 0.15) is 24.9 Å². The number of rotatable bonds is 5. The summed E-state index contributed by atoms with van der Waals surface area (Å²) in [6.07, 6.45) is 0.817. The Morgan fingerprint density at radius 2 is 2.21 bits per heavy atom. The van der Waals surface area contributed by atoms with Gasteiger partial charge in [-0.3, -0.25) is 10.1 Å². The summed E-state index contributed by atoms with van der Waals surface area (Å²) in [7, 11) is 0. The minimum absolute atomic E-state index is 0.0652. The third-order valence-corrected chi connectivity index (χ3v) is 4.66. The zero-order valence-electron chi connectivity index (χ0n) is 10.8. The van der Waals surface area contributed by atoms with Crippen molar-refractivity contribution in [1.82, 2.24) is 5.32 Å². The Morgan fingerprint density at radius 1 is 1.53 bits per heavy atom. The quantitative estimate of drug-likeness (QED) is 0.639. The number of hydrogen-bond donors (Lipinski definition) is 2. The highest BCUT2D eigenvalue weighted by molar-refractivity contribution is 7.99. The molecule has 1 saturated heterocycles. The normalized spacial score (nSPS) is 24.3. The molecule has 2 rings (SSSR count). The number of nitrogens with zero attached hydrogens (tertiary/aromatic N) is 1. The van der Waals surface area contributed by atoms with E-state index >= 15 is 0 Å². The molecule has 2 N–H and O–H groups in total. The van der Waals surface area contributed by atoms with Gasteiger partial charge < -0.3 is 10.4 Å². The van der Waals surface area contributed by atoms with Gasteiger partial charge in [-0.05, 0) is 24.7 Å². The number of aliphatic hydroxyl groups is 1. The van der Waals surface area contributed by atoms with Crippen molar-refractivity contribution in [2.75, 3.05) is 18.1 Å². The molecule has 0 bridgehead atoms. The van der Waals surface area contributed by atoms with Crippen molar-refractivity contribution >= 4 is 17.4 Å². The fourth-order valence-corrected chi connectivity index (χ4v) is 3.38. The van der Waals surface area contributed by atoms with Crippen LogP contribution in [0.5, 0.6) is 0 Å². The Kier molecular flexibility index (Phi) is 4.44. The lowest BCUT2D eigenvalue weighted by molar-refractivity contribution is -0.384. The van der Waals surface area contributed by atoms with Crippen molar-refractivity contribution < 1.29 is 10.0 Å². The fraction of sp³-hybridized carbons (Fsp3) is 0.538. The van der Waals surface area contributed by atoms with E-state index in [9.17, 15) is 15.2 Å². The van der Waals surface area contributed by atoms with Crippen LogP contribution in [0.15, 0.2) is 24.3 Å². The summed E-state index contributed by atoms with van der Waals surface area (Å²) in [6.45, 7) is 2.55. The third-order valence-electron chi connectivity index (χ3n) is 3.42. The number of non-ortho nitro benzene ring substituents is 1. The predicted molar refractivity (Wildman–Crippen MR) is 76.4 cm³/mol. The highest BCUT2D eigenvalue weighted by Crippen LogP contribution is 2.28. The van der Waals surface area contributed by atoms with Crippen LogP contribution < -0.4 is 5.32 Å². The zero-order valence-corrected chi connectivity index (χ0v) is 11.7. The predicted octanol–water partition coefficient (Wildman–Crippen LogP) is 2.11. The van der Waals surface area contributed by atoms with Crippen LogP contribution in [0.3, 0.4) is 0 Å². The molecule has 2 atom stereocenters. The van der Waals surface area contributed by atoms with Gasteiger partial charge in [0.25, 0.3) is 5.69 Å². The highest BCUT2D eigenvalue weighted by atomic mass is 32.2. The van der Waals surface area contributed by atoms with E-state index in [1.165, 1.54) is 12.1 Å². The van der Waals surface area contributed by atoms with E-state index in [1.54, 1.807) is 23.9 Å². The average molecular weight is 282 g/mol. The second-order valence-electron chi connectivity index (χ2n) is 4.98. The number of hydrogen-bond acceptors (Lipinski definition) is 5. The van der Waals surface area contributed by atoms with Crippen molar-refractivity contribution in [1.29, 1.82) is 0 Å². The molecule has 19 heavy (non-hydrogen) atoms. The number of nitro benzene ring substituents is 1. The van der Waals surface area contributed by atoms with Gasteiger partial charge in [-0.2, -0.15) is 11.8 Å². The summed E-state index contributed by atoms with van der Waals surface area (Å²) in [5.41, 5.74) is 0.473. The van der Waals surface area contributed by atoms with Crippen molar-refractivity contribution in [3.8, 4) is 0 Å². The van der Waals surface area contributed by atoms with Gasteiger partial charge >= 0.3 is 0 Å². The molecular weight excluding hydrogens is 264 g/mol. The van der Waals surface area contributed by atoms with Crippen molar-refractivity contribution in [2.45, 2.75) is 25.0 Å². The van der Waals surface area contributed by atoms with Crippen LogP contribution >= 0.6 is 11.8 Å². The van der Waals surface area contributed by atoms with Crippen LogP contribution in [0.2, 0.25) is 0 Å². The minimum atomic E-state index is -0.611. The lowest BCUT2D eigenvalue weighted by atomic mass is 10.0. The molecule has 0 amide bonds. The Labute approximate surface area is 116 Å². The first-order valence-electron chi connectivity index (χ1n) is 6.28. The summed E-state index contributed by atoms with van der Waals surface area (Å²) in [6, 6.07) is 6.59. The van der Waals surface area contributed by atoms with Crippen LogP contribution in [0.4, 0.5) is 5.69 Å². The molecule has 1 aliphatic heterocycles. The maximum absolute atomic E-state index is 10.6. The molecule has 1 aromatic carbocycles. The molecule has 0 radical (unpaired) electrons. The number of nitro groups is 1. The van der Waals surface area contributed by atoms with Gasteiger partial charge in [-0.15, -0.1) is 0 Å². The van der Waals surface area contributed by atoms with E-state index in [-0.39, 0.29) is 11.7 Å². The molecule has 0 aromatic heterocycles. The summed E-state index contributed by atoms with van der Waals surface area (Å²) in [4.78, 5) is 10.2. The lowest BCUT2D eigenvalue weighted by Crippen LogP contribution is -2.41. The molecule has 5 nitrogen and oxygen atoms in total. The Balaban J connectivity index is 1.92. The van der Waals surface area contributed by atoms with Crippen LogP contribution in [-0.2, 0) is 0 Å². The van der Waals surface area contributed by atoms with E-state index in [2.05, 4.69) is 5.32 Å². The molecule has 1 fully saturated rings. The molecule has 0 spiro atoms. The number of nitrogens with one attached hydrogen (secondary N) is 1. The summed E-state index contributed by atoms with van der Waals surface area (Å²) in [5, 5.41) is 24.1. The molecule has 1 aromatic rings. The van der Waals surface area contributed by atoms with Crippen LogP contribution in [0, 0.1) is 10.1 Å². The molecule has 0 saturated carbocycles. The molecule has 6 heteroatoms. The fourth-order valence-electron chi connectivity index (χ4n) is 2.08.